The zero-order valence-electron chi connectivity index (χ0n) is 14.2. The van der Waals surface area contributed by atoms with Gasteiger partial charge in [-0.3, -0.25) is 9.79 Å². The van der Waals surface area contributed by atoms with Gasteiger partial charge in [-0.25, -0.2) is 14.4 Å². The summed E-state index contributed by atoms with van der Waals surface area (Å²) in [6, 6.07) is 6.13. The third kappa shape index (κ3) is 3.16. The van der Waals surface area contributed by atoms with Crippen LogP contribution in [0.1, 0.15) is 48.7 Å². The van der Waals surface area contributed by atoms with Gasteiger partial charge in [-0.1, -0.05) is 19.8 Å². The lowest BCUT2D eigenvalue weighted by Crippen LogP contribution is -2.29. The molecular weight excluding hydrogens is 319 g/mol. The zero-order chi connectivity index (χ0) is 17.9. The number of nitrogens with zero attached hydrogens (tertiary/aromatic N) is 3. The molecule has 0 spiro atoms. The predicted molar refractivity (Wildman–Crippen MR) is 95.2 cm³/mol. The average Bonchev–Trinajstić information content (AvgIpc) is 3.08. The monoisotopic (exact) mass is 340 g/mol. The molecule has 25 heavy (non-hydrogen) atoms. The molecule has 5 nitrogen and oxygen atoms in total. The van der Waals surface area contributed by atoms with Crippen LogP contribution in [0.25, 0.3) is 0 Å². The van der Waals surface area contributed by atoms with E-state index in [0.29, 0.717) is 11.3 Å². The second kappa shape index (κ2) is 7.09. The Kier molecular flexibility index (Phi) is 4.88. The molecule has 1 saturated carbocycles. The Balaban J connectivity index is 1.93. The molecule has 130 valence electrons. The highest BCUT2D eigenvalue weighted by Gasteiger charge is 2.44. The van der Waals surface area contributed by atoms with E-state index in [2.05, 4.69) is 33.9 Å². The van der Waals surface area contributed by atoms with Gasteiger partial charge in [0.2, 0.25) is 0 Å². The van der Waals surface area contributed by atoms with Crippen molar-refractivity contribution in [1.29, 1.82) is 0 Å². The molecule has 1 aromatic heterocycles. The second-order valence-electron chi connectivity index (χ2n) is 6.32. The third-order valence-electron chi connectivity index (χ3n) is 5.07. The molecule has 0 saturated heterocycles. The smallest absolute Gasteiger partial charge is 0.274 e. The summed E-state index contributed by atoms with van der Waals surface area (Å²) in [7, 11) is 0. The summed E-state index contributed by atoms with van der Waals surface area (Å²) >= 11 is 0. The van der Waals surface area contributed by atoms with Gasteiger partial charge in [0.1, 0.15) is 17.8 Å². The van der Waals surface area contributed by atoms with Gasteiger partial charge in [0, 0.05) is 17.4 Å². The Morgan fingerprint density at radius 3 is 3.00 bits per heavy atom. The van der Waals surface area contributed by atoms with Crippen LogP contribution in [0, 0.1) is 11.7 Å². The third-order valence-corrected chi connectivity index (χ3v) is 5.07. The average molecular weight is 340 g/mol. The van der Waals surface area contributed by atoms with Crippen LogP contribution in [-0.4, -0.2) is 22.6 Å². The van der Waals surface area contributed by atoms with Gasteiger partial charge in [-0.15, -0.1) is 0 Å². The number of aliphatic imine (C=N–C) groups is 1. The number of carbonyl (C=O) groups excluding carboxylic acids is 1. The minimum atomic E-state index is -0.617. The maximum Gasteiger partial charge on any atom is 0.274 e. The van der Waals surface area contributed by atoms with Crippen molar-refractivity contribution in [3.63, 3.8) is 0 Å². The summed E-state index contributed by atoms with van der Waals surface area (Å²) < 4.78 is 14.6. The van der Waals surface area contributed by atoms with Gasteiger partial charge in [0.25, 0.3) is 5.91 Å². The molecule has 1 aliphatic carbocycles. The second-order valence-corrected chi connectivity index (χ2v) is 6.32. The largest absolute Gasteiger partial charge is 0.321 e. The molecule has 0 aliphatic heterocycles. The summed E-state index contributed by atoms with van der Waals surface area (Å²) in [5, 5.41) is 2.77. The first-order valence-electron chi connectivity index (χ1n) is 8.46. The van der Waals surface area contributed by atoms with Gasteiger partial charge in [-0.2, -0.15) is 0 Å². The highest BCUT2D eigenvalue weighted by Crippen LogP contribution is 2.49. The van der Waals surface area contributed by atoms with Crippen molar-refractivity contribution in [1.82, 2.24) is 9.97 Å². The van der Waals surface area contributed by atoms with Crippen molar-refractivity contribution in [2.24, 2.45) is 10.9 Å². The molecule has 2 unspecified atom stereocenters. The number of anilines is 1. The molecule has 1 fully saturated rings. The van der Waals surface area contributed by atoms with Crippen molar-refractivity contribution in [2.45, 2.75) is 38.1 Å². The molecule has 2 aromatic rings. The Labute approximate surface area is 146 Å². The molecule has 1 aromatic carbocycles. The molecule has 1 N–H and O–H groups in total. The number of aromatic nitrogens is 2. The highest BCUT2D eigenvalue weighted by molar-refractivity contribution is 6.02. The number of carbonyl (C=O) groups is 1. The maximum atomic E-state index is 14.6. The molecule has 3 rings (SSSR count). The first-order valence-corrected chi connectivity index (χ1v) is 8.46. The quantitative estimate of drug-likeness (QED) is 0.837. The lowest BCUT2D eigenvalue weighted by Gasteiger charge is -2.32. The molecule has 0 bridgehead atoms. The summed E-state index contributed by atoms with van der Waals surface area (Å²) in [5.41, 5.74) is 0.663. The maximum absolute atomic E-state index is 14.6. The van der Waals surface area contributed by atoms with E-state index in [1.807, 2.05) is 0 Å². The molecule has 2 atom stereocenters. The van der Waals surface area contributed by atoms with E-state index in [0.717, 1.165) is 25.7 Å². The number of nitrogens with one attached hydrogen (secondary N) is 1. The Morgan fingerprint density at radius 1 is 1.48 bits per heavy atom. The van der Waals surface area contributed by atoms with Crippen LogP contribution in [0.2, 0.25) is 0 Å². The summed E-state index contributed by atoms with van der Waals surface area (Å²) in [5.74, 6) is -0.417. The predicted octanol–water partition coefficient (Wildman–Crippen LogP) is 3.97. The van der Waals surface area contributed by atoms with Crippen molar-refractivity contribution >= 4 is 18.3 Å². The molecule has 1 aliphatic rings. The fourth-order valence-electron chi connectivity index (χ4n) is 3.81. The van der Waals surface area contributed by atoms with Crippen LogP contribution in [0.5, 0.6) is 0 Å². The lowest BCUT2D eigenvalue weighted by molar-refractivity contribution is 0.102. The van der Waals surface area contributed by atoms with Gasteiger partial charge < -0.3 is 5.32 Å². The molecule has 1 heterocycles. The normalized spacial score (nSPS) is 22.6. The van der Waals surface area contributed by atoms with Crippen LogP contribution < -0.4 is 5.32 Å². The van der Waals surface area contributed by atoms with Crippen molar-refractivity contribution in [3.05, 3.63) is 53.9 Å². The fourth-order valence-corrected chi connectivity index (χ4v) is 3.81. The lowest BCUT2D eigenvalue weighted by atomic mass is 9.79. The van der Waals surface area contributed by atoms with Crippen molar-refractivity contribution < 1.29 is 9.18 Å². The van der Waals surface area contributed by atoms with E-state index in [1.165, 1.54) is 24.7 Å². The number of hydrogen-bond acceptors (Lipinski definition) is 4. The summed E-state index contributed by atoms with van der Waals surface area (Å²) in [6.45, 7) is 5.84. The van der Waals surface area contributed by atoms with E-state index in [-0.39, 0.29) is 23.3 Å². The van der Waals surface area contributed by atoms with Crippen molar-refractivity contribution in [3.8, 4) is 0 Å². The SMILES string of the molecule is C=NC1(c2cc(NC(=O)c3ccncn3)ccc2F)CCCC1CC. The van der Waals surface area contributed by atoms with Crippen LogP contribution in [0.15, 0.2) is 41.8 Å². The molecule has 6 heteroatoms. The van der Waals surface area contributed by atoms with E-state index >= 15 is 0 Å². The number of hydrogen-bond donors (Lipinski definition) is 1. The summed E-state index contributed by atoms with van der Waals surface area (Å²) in [4.78, 5) is 24.3. The van der Waals surface area contributed by atoms with Gasteiger partial charge in [-0.05, 0) is 49.7 Å². The molecule has 0 radical (unpaired) electrons. The molecule has 1 amide bonds. The van der Waals surface area contributed by atoms with Crippen molar-refractivity contribution in [2.75, 3.05) is 5.32 Å². The number of amides is 1. The topological polar surface area (TPSA) is 67.2 Å². The zero-order valence-corrected chi connectivity index (χ0v) is 14.2. The van der Waals surface area contributed by atoms with E-state index in [9.17, 15) is 9.18 Å². The minimum absolute atomic E-state index is 0.254. The van der Waals surface area contributed by atoms with Gasteiger partial charge in [0.15, 0.2) is 0 Å². The summed E-state index contributed by atoms with van der Waals surface area (Å²) in [6.07, 6.45) is 6.50. The number of benzene rings is 1. The highest BCUT2D eigenvalue weighted by atomic mass is 19.1. The van der Waals surface area contributed by atoms with E-state index < -0.39 is 5.54 Å². The Morgan fingerprint density at radius 2 is 2.32 bits per heavy atom. The minimum Gasteiger partial charge on any atom is -0.321 e. The Hall–Kier alpha value is -2.63. The molecular formula is C19H21FN4O. The van der Waals surface area contributed by atoms with Crippen LogP contribution in [0.3, 0.4) is 0 Å². The first kappa shape index (κ1) is 17.2. The number of halogens is 1. The number of rotatable bonds is 5. The van der Waals surface area contributed by atoms with Crippen LogP contribution >= 0.6 is 0 Å². The first-order chi connectivity index (χ1) is 12.1. The Bertz CT molecular complexity index is 780. The van der Waals surface area contributed by atoms with E-state index in [4.69, 9.17) is 0 Å². The van der Waals surface area contributed by atoms with Gasteiger partial charge >= 0.3 is 0 Å². The van der Waals surface area contributed by atoms with Crippen LogP contribution in [-0.2, 0) is 5.54 Å². The fraction of sp³-hybridized carbons (Fsp3) is 0.368. The standard InChI is InChI=1S/C19H21FN4O/c1-3-13-5-4-9-19(13,21-2)15-11-14(6-7-16(15)20)24-18(25)17-8-10-22-12-23-17/h6-8,10-13H,2-5,9H2,1H3,(H,24,25). The van der Waals surface area contributed by atoms with Gasteiger partial charge in [0.05, 0.1) is 5.54 Å². The van der Waals surface area contributed by atoms with Crippen LogP contribution in [0.4, 0.5) is 10.1 Å². The van der Waals surface area contributed by atoms with E-state index in [1.54, 1.807) is 12.1 Å².